The van der Waals surface area contributed by atoms with Gasteiger partial charge in [-0.15, -0.1) is 11.3 Å². The number of nitrogens with zero attached hydrogens (tertiary/aromatic N) is 1. The molecule has 1 atom stereocenters. The summed E-state index contributed by atoms with van der Waals surface area (Å²) in [7, 11) is 0. The maximum absolute atomic E-state index is 4.06. The van der Waals surface area contributed by atoms with E-state index in [0.717, 1.165) is 6.42 Å². The second-order valence-corrected chi connectivity index (χ2v) is 7.81. The third-order valence-electron chi connectivity index (χ3n) is 3.12. The van der Waals surface area contributed by atoms with Gasteiger partial charge >= 0.3 is 0 Å². The normalized spacial score (nSPS) is 16.3. The van der Waals surface area contributed by atoms with E-state index in [4.69, 9.17) is 0 Å². The number of aryl methyl sites for hydroxylation is 1. The molecule has 0 aliphatic carbocycles. The van der Waals surface area contributed by atoms with Crippen molar-refractivity contribution >= 4 is 39.0 Å². The number of rotatable bonds is 3. The lowest BCUT2D eigenvalue weighted by Crippen LogP contribution is -1.96. The Morgan fingerprint density at radius 3 is 2.94 bits per heavy atom. The molecule has 1 nitrogen and oxygen atoms in total. The summed E-state index contributed by atoms with van der Waals surface area (Å²) in [5.74, 6) is 2.48. The summed E-state index contributed by atoms with van der Waals surface area (Å²) in [6.45, 7) is 0. The fourth-order valence-electron chi connectivity index (χ4n) is 2.15. The van der Waals surface area contributed by atoms with Crippen LogP contribution in [0.1, 0.15) is 25.7 Å². The van der Waals surface area contributed by atoms with Gasteiger partial charge in [-0.25, -0.2) is 0 Å². The van der Waals surface area contributed by atoms with Crippen LogP contribution in [0.5, 0.6) is 0 Å². The average Bonchev–Trinajstić information content (AvgIpc) is 2.84. The molecule has 0 spiro atoms. The van der Waals surface area contributed by atoms with Gasteiger partial charge in [0.05, 0.1) is 4.83 Å². The fourth-order valence-corrected chi connectivity index (χ4v) is 5.29. The predicted octanol–water partition coefficient (Wildman–Crippen LogP) is 4.61. The van der Waals surface area contributed by atoms with Crippen molar-refractivity contribution in [3.05, 3.63) is 51.5 Å². The van der Waals surface area contributed by atoms with Crippen molar-refractivity contribution in [3.63, 3.8) is 0 Å². The Labute approximate surface area is 124 Å². The third-order valence-corrected chi connectivity index (χ3v) is 6.60. The van der Waals surface area contributed by atoms with Crippen molar-refractivity contribution in [1.82, 2.24) is 4.98 Å². The van der Waals surface area contributed by atoms with Gasteiger partial charge in [-0.2, -0.15) is 11.8 Å². The molecule has 4 heteroatoms. The van der Waals surface area contributed by atoms with Crippen LogP contribution < -0.4 is 0 Å². The molecule has 2 aromatic rings. The molecule has 18 heavy (non-hydrogen) atoms. The Balaban J connectivity index is 1.76. The van der Waals surface area contributed by atoms with E-state index in [1.165, 1.54) is 28.4 Å². The topological polar surface area (TPSA) is 12.9 Å². The molecule has 0 bridgehead atoms. The van der Waals surface area contributed by atoms with Crippen LogP contribution in [0.25, 0.3) is 0 Å². The van der Waals surface area contributed by atoms with Crippen molar-refractivity contribution in [3.8, 4) is 0 Å². The zero-order valence-electron chi connectivity index (χ0n) is 9.93. The Kier molecular flexibility index (Phi) is 4.07. The molecule has 0 aromatic carbocycles. The summed E-state index contributed by atoms with van der Waals surface area (Å²) >= 11 is 7.87. The van der Waals surface area contributed by atoms with Gasteiger partial charge in [-0.1, -0.05) is 15.9 Å². The maximum atomic E-state index is 4.06. The van der Waals surface area contributed by atoms with E-state index in [2.05, 4.69) is 39.1 Å². The summed E-state index contributed by atoms with van der Waals surface area (Å²) in [5.41, 5.74) is 2.90. The molecule has 1 aliphatic heterocycles. The Hall–Kier alpha value is -0.320. The van der Waals surface area contributed by atoms with Gasteiger partial charge in [0, 0.05) is 27.9 Å². The molecule has 0 saturated carbocycles. The molecule has 1 unspecified atom stereocenters. The lowest BCUT2D eigenvalue weighted by molar-refractivity contribution is 0.963. The highest BCUT2D eigenvalue weighted by Gasteiger charge is 2.17. The summed E-state index contributed by atoms with van der Waals surface area (Å²) in [6, 6.07) is 6.59. The number of halogens is 1. The van der Waals surface area contributed by atoms with Gasteiger partial charge in [0.1, 0.15) is 0 Å². The molecule has 0 fully saturated rings. The van der Waals surface area contributed by atoms with Gasteiger partial charge in [-0.3, -0.25) is 4.98 Å². The zero-order chi connectivity index (χ0) is 12.4. The molecular formula is C14H14BrNS2. The number of thiophene rings is 1. The van der Waals surface area contributed by atoms with Crippen LogP contribution in [-0.2, 0) is 18.6 Å². The molecule has 3 heterocycles. The molecule has 1 aliphatic rings. The van der Waals surface area contributed by atoms with E-state index in [1.807, 2.05) is 35.5 Å². The van der Waals surface area contributed by atoms with E-state index in [0.29, 0.717) is 4.83 Å². The molecule has 3 rings (SSSR count). The van der Waals surface area contributed by atoms with Crippen molar-refractivity contribution < 1.29 is 0 Å². The third kappa shape index (κ3) is 2.81. The number of hydrogen-bond acceptors (Lipinski definition) is 3. The zero-order valence-corrected chi connectivity index (χ0v) is 13.2. The Bertz CT molecular complexity index is 500. The van der Waals surface area contributed by atoms with Crippen molar-refractivity contribution in [1.29, 1.82) is 0 Å². The fraction of sp³-hybridized carbons (Fsp3) is 0.357. The lowest BCUT2D eigenvalue weighted by Gasteiger charge is -2.08. The highest BCUT2D eigenvalue weighted by molar-refractivity contribution is 9.09. The standard InChI is InChI=1S/C14H14BrNS2/c15-12(7-10-1-4-16-5-2-10)14-8-11-9-17-6-3-13(11)18-14/h1-2,4-5,8,12H,3,6-7,9H2. The van der Waals surface area contributed by atoms with E-state index in [-0.39, 0.29) is 0 Å². The molecule has 2 aromatic heterocycles. The lowest BCUT2D eigenvalue weighted by atomic mass is 10.1. The number of fused-ring (bicyclic) bond motifs is 1. The number of pyridine rings is 1. The second kappa shape index (κ2) is 5.76. The smallest absolute Gasteiger partial charge is 0.0529 e. The molecular weight excluding hydrogens is 326 g/mol. The highest BCUT2D eigenvalue weighted by Crippen LogP contribution is 2.38. The first kappa shape index (κ1) is 12.7. The molecule has 0 radical (unpaired) electrons. The molecule has 0 amide bonds. The maximum Gasteiger partial charge on any atom is 0.0529 e. The van der Waals surface area contributed by atoms with Crippen molar-refractivity contribution in [2.75, 3.05) is 5.75 Å². The quantitative estimate of drug-likeness (QED) is 0.757. The van der Waals surface area contributed by atoms with E-state index < -0.39 is 0 Å². The van der Waals surface area contributed by atoms with Gasteiger partial charge in [0.25, 0.3) is 0 Å². The van der Waals surface area contributed by atoms with Crippen LogP contribution in [0.15, 0.2) is 30.6 Å². The van der Waals surface area contributed by atoms with Gasteiger partial charge in [-0.05, 0) is 47.9 Å². The predicted molar refractivity (Wildman–Crippen MR) is 83.8 cm³/mol. The van der Waals surface area contributed by atoms with Crippen LogP contribution in [0.4, 0.5) is 0 Å². The largest absolute Gasteiger partial charge is 0.265 e. The first-order chi connectivity index (χ1) is 8.83. The molecule has 0 N–H and O–H groups in total. The SMILES string of the molecule is BrC(Cc1ccncc1)c1cc2c(s1)CCSC2. The first-order valence-electron chi connectivity index (χ1n) is 6.05. The number of alkyl halides is 1. The summed E-state index contributed by atoms with van der Waals surface area (Å²) in [4.78, 5) is 7.57. The van der Waals surface area contributed by atoms with Crippen LogP contribution in [0, 0.1) is 0 Å². The van der Waals surface area contributed by atoms with E-state index >= 15 is 0 Å². The van der Waals surface area contributed by atoms with Crippen LogP contribution >= 0.6 is 39.0 Å². The minimum absolute atomic E-state index is 0.431. The van der Waals surface area contributed by atoms with Crippen LogP contribution in [-0.4, -0.2) is 10.7 Å². The average molecular weight is 340 g/mol. The summed E-state index contributed by atoms with van der Waals surface area (Å²) in [5, 5.41) is 0. The Morgan fingerprint density at radius 2 is 2.17 bits per heavy atom. The first-order valence-corrected chi connectivity index (χ1v) is 8.94. The minimum atomic E-state index is 0.431. The van der Waals surface area contributed by atoms with Crippen molar-refractivity contribution in [2.45, 2.75) is 23.4 Å². The summed E-state index contributed by atoms with van der Waals surface area (Å²) < 4.78 is 0. The molecule has 0 saturated heterocycles. The Morgan fingerprint density at radius 1 is 1.33 bits per heavy atom. The van der Waals surface area contributed by atoms with Crippen LogP contribution in [0.3, 0.4) is 0 Å². The van der Waals surface area contributed by atoms with Gasteiger partial charge in [0.15, 0.2) is 0 Å². The van der Waals surface area contributed by atoms with Gasteiger partial charge < -0.3 is 0 Å². The summed E-state index contributed by atoms with van der Waals surface area (Å²) in [6.07, 6.45) is 6.02. The molecule has 94 valence electrons. The highest BCUT2D eigenvalue weighted by atomic mass is 79.9. The number of thioether (sulfide) groups is 1. The number of hydrogen-bond donors (Lipinski definition) is 0. The van der Waals surface area contributed by atoms with E-state index in [9.17, 15) is 0 Å². The van der Waals surface area contributed by atoms with E-state index in [1.54, 1.807) is 10.4 Å². The van der Waals surface area contributed by atoms with Gasteiger partial charge in [0.2, 0.25) is 0 Å². The van der Waals surface area contributed by atoms with Crippen molar-refractivity contribution in [2.24, 2.45) is 0 Å². The monoisotopic (exact) mass is 339 g/mol. The van der Waals surface area contributed by atoms with Crippen LogP contribution in [0.2, 0.25) is 0 Å². The second-order valence-electron chi connectivity index (χ2n) is 4.43. The minimum Gasteiger partial charge on any atom is -0.265 e. The number of aromatic nitrogens is 1.